The number of benzene rings is 3. The van der Waals surface area contributed by atoms with Crippen molar-refractivity contribution in [2.45, 2.75) is 52.8 Å². The zero-order chi connectivity index (χ0) is 28.2. The van der Waals surface area contributed by atoms with Crippen LogP contribution in [0.3, 0.4) is 0 Å². The summed E-state index contributed by atoms with van der Waals surface area (Å²) in [6.07, 6.45) is -2.55. The molecule has 0 aliphatic carbocycles. The minimum atomic E-state index is -4.57. The number of alkyl halides is 3. The van der Waals surface area contributed by atoms with Gasteiger partial charge in [0.25, 0.3) is 0 Å². The molecule has 0 spiro atoms. The smallest absolute Gasteiger partial charge is 0.367 e. The molecule has 0 saturated carbocycles. The third kappa shape index (κ3) is 6.92. The molecule has 0 saturated heterocycles. The van der Waals surface area contributed by atoms with Crippen molar-refractivity contribution in [1.29, 1.82) is 0 Å². The van der Waals surface area contributed by atoms with E-state index in [1.54, 1.807) is 24.3 Å². The molecule has 1 unspecified atom stereocenters. The van der Waals surface area contributed by atoms with Gasteiger partial charge in [0.15, 0.2) is 5.82 Å². The first kappa shape index (κ1) is 28.5. The number of hydrogen-bond acceptors (Lipinski definition) is 4. The zero-order valence-electron chi connectivity index (χ0n) is 22.7. The third-order valence-electron chi connectivity index (χ3n) is 6.97. The Morgan fingerprint density at radius 3 is 2.38 bits per heavy atom. The van der Waals surface area contributed by atoms with Crippen molar-refractivity contribution in [3.8, 4) is 22.5 Å². The van der Waals surface area contributed by atoms with E-state index >= 15 is 0 Å². The molecule has 4 aromatic rings. The minimum absolute atomic E-state index is 0.122. The van der Waals surface area contributed by atoms with E-state index in [2.05, 4.69) is 31.0 Å². The second kappa shape index (κ2) is 12.1. The van der Waals surface area contributed by atoms with Crippen LogP contribution in [0.1, 0.15) is 44.7 Å². The lowest BCUT2D eigenvalue weighted by atomic mass is 10.00. The van der Waals surface area contributed by atoms with Crippen LogP contribution < -0.4 is 5.32 Å². The lowest BCUT2D eigenvalue weighted by molar-refractivity contribution is -0.137. The van der Waals surface area contributed by atoms with Crippen LogP contribution in [0.15, 0.2) is 60.7 Å². The van der Waals surface area contributed by atoms with Crippen molar-refractivity contribution < 1.29 is 17.6 Å². The molecule has 0 aliphatic heterocycles. The summed E-state index contributed by atoms with van der Waals surface area (Å²) in [5.74, 6) is 0.386. The van der Waals surface area contributed by atoms with E-state index in [-0.39, 0.29) is 11.6 Å². The van der Waals surface area contributed by atoms with Crippen molar-refractivity contribution in [2.24, 2.45) is 0 Å². The van der Waals surface area contributed by atoms with E-state index < -0.39 is 17.6 Å². The van der Waals surface area contributed by atoms with E-state index in [0.29, 0.717) is 22.8 Å². The molecule has 4 nitrogen and oxygen atoms in total. The Labute approximate surface area is 227 Å². The van der Waals surface area contributed by atoms with Crippen LogP contribution in [0.4, 0.5) is 23.4 Å². The van der Waals surface area contributed by atoms with Crippen molar-refractivity contribution in [3.63, 3.8) is 0 Å². The van der Waals surface area contributed by atoms with Crippen molar-refractivity contribution in [3.05, 3.63) is 77.6 Å². The molecule has 206 valence electrons. The molecular weight excluding hydrogens is 504 g/mol. The van der Waals surface area contributed by atoms with Crippen molar-refractivity contribution in [2.75, 3.05) is 25.0 Å². The summed E-state index contributed by atoms with van der Waals surface area (Å²) in [4.78, 5) is 12.0. The number of fused-ring (bicyclic) bond motifs is 1. The second-order valence-electron chi connectivity index (χ2n) is 9.90. The molecule has 0 amide bonds. The molecule has 0 fully saturated rings. The highest BCUT2D eigenvalue weighted by molar-refractivity contribution is 5.91. The number of anilines is 1. The standard InChI is InChI=1S/C31H34F4N4/c1-5-39(6-2)16-8-9-21(4)36-30-25-14-12-20(3)17-28(25)37-29(38-30)23-11-7-10-22(18-23)26-19-24(31(33,34)35)13-15-27(26)32/h7,10-15,17-19,21H,5-6,8-9,16H2,1-4H3,(H,36,37,38). The van der Waals surface area contributed by atoms with Crippen LogP contribution >= 0.6 is 0 Å². The van der Waals surface area contributed by atoms with Gasteiger partial charge in [0.2, 0.25) is 0 Å². The van der Waals surface area contributed by atoms with Crippen LogP contribution in [0, 0.1) is 12.7 Å². The molecule has 1 N–H and O–H groups in total. The molecule has 3 aromatic carbocycles. The number of aromatic nitrogens is 2. The summed E-state index contributed by atoms with van der Waals surface area (Å²) >= 11 is 0. The maximum absolute atomic E-state index is 14.6. The first-order valence-electron chi connectivity index (χ1n) is 13.3. The predicted molar refractivity (Wildman–Crippen MR) is 150 cm³/mol. The summed E-state index contributed by atoms with van der Waals surface area (Å²) < 4.78 is 54.5. The number of rotatable bonds is 10. The Hall–Kier alpha value is -3.52. The molecule has 8 heteroatoms. The first-order chi connectivity index (χ1) is 18.6. The summed E-state index contributed by atoms with van der Waals surface area (Å²) in [7, 11) is 0. The summed E-state index contributed by atoms with van der Waals surface area (Å²) in [6, 6.07) is 15.3. The minimum Gasteiger partial charge on any atom is -0.367 e. The lowest BCUT2D eigenvalue weighted by Crippen LogP contribution is -2.25. The number of nitrogens with zero attached hydrogens (tertiary/aromatic N) is 3. The maximum Gasteiger partial charge on any atom is 0.416 e. The van der Waals surface area contributed by atoms with Gasteiger partial charge in [-0.3, -0.25) is 0 Å². The highest BCUT2D eigenvalue weighted by Gasteiger charge is 2.31. The number of hydrogen-bond donors (Lipinski definition) is 1. The van der Waals surface area contributed by atoms with Gasteiger partial charge in [0.1, 0.15) is 11.6 Å². The summed E-state index contributed by atoms with van der Waals surface area (Å²) in [5.41, 5.74) is 1.69. The lowest BCUT2D eigenvalue weighted by Gasteiger charge is -2.21. The third-order valence-corrected chi connectivity index (χ3v) is 6.97. The fraction of sp³-hybridized carbons (Fsp3) is 0.355. The van der Waals surface area contributed by atoms with Crippen LogP contribution in [-0.4, -0.2) is 40.5 Å². The van der Waals surface area contributed by atoms with Crippen LogP contribution in [-0.2, 0) is 6.18 Å². The quantitative estimate of drug-likeness (QED) is 0.206. The van der Waals surface area contributed by atoms with Gasteiger partial charge in [-0.05, 0) is 93.8 Å². The van der Waals surface area contributed by atoms with Gasteiger partial charge >= 0.3 is 6.18 Å². The van der Waals surface area contributed by atoms with Crippen LogP contribution in [0.2, 0.25) is 0 Å². The second-order valence-corrected chi connectivity index (χ2v) is 9.90. The largest absolute Gasteiger partial charge is 0.416 e. The van der Waals surface area contributed by atoms with Crippen LogP contribution in [0.25, 0.3) is 33.4 Å². The Morgan fingerprint density at radius 1 is 0.923 bits per heavy atom. The highest BCUT2D eigenvalue weighted by Crippen LogP contribution is 2.35. The van der Waals surface area contributed by atoms with Crippen molar-refractivity contribution >= 4 is 16.7 Å². The van der Waals surface area contributed by atoms with E-state index in [0.717, 1.165) is 67.1 Å². The van der Waals surface area contributed by atoms with Gasteiger partial charge in [0, 0.05) is 22.6 Å². The Kier molecular flexibility index (Phi) is 8.85. The van der Waals surface area contributed by atoms with E-state index in [9.17, 15) is 17.6 Å². The molecule has 1 atom stereocenters. The molecule has 4 rings (SSSR count). The zero-order valence-corrected chi connectivity index (χ0v) is 22.7. The molecular formula is C31H34F4N4. The van der Waals surface area contributed by atoms with Gasteiger partial charge in [-0.25, -0.2) is 14.4 Å². The van der Waals surface area contributed by atoms with Gasteiger partial charge in [0.05, 0.1) is 11.1 Å². The Morgan fingerprint density at radius 2 is 1.67 bits per heavy atom. The first-order valence-corrected chi connectivity index (χ1v) is 13.3. The maximum atomic E-state index is 14.6. The van der Waals surface area contributed by atoms with Gasteiger partial charge in [-0.2, -0.15) is 13.2 Å². The SMILES string of the molecule is CCN(CC)CCCC(C)Nc1nc(-c2cccc(-c3cc(C(F)(F)F)ccc3F)c2)nc2cc(C)ccc12. The van der Waals surface area contributed by atoms with E-state index in [1.807, 2.05) is 25.1 Å². The van der Waals surface area contributed by atoms with Crippen molar-refractivity contribution in [1.82, 2.24) is 14.9 Å². The number of aryl methyl sites for hydroxylation is 1. The molecule has 1 aromatic heterocycles. The molecule has 0 radical (unpaired) electrons. The number of halogens is 4. The molecule has 1 heterocycles. The predicted octanol–water partition coefficient (Wildman–Crippen LogP) is 8.35. The normalized spacial score (nSPS) is 12.7. The van der Waals surface area contributed by atoms with E-state index in [4.69, 9.17) is 9.97 Å². The summed E-state index contributed by atoms with van der Waals surface area (Å²) in [6.45, 7) is 11.5. The fourth-order valence-corrected chi connectivity index (χ4v) is 4.69. The summed E-state index contributed by atoms with van der Waals surface area (Å²) in [5, 5.41) is 4.44. The average Bonchev–Trinajstić information content (AvgIpc) is 2.90. The molecule has 0 aliphatic rings. The molecule has 0 bridgehead atoms. The average molecular weight is 539 g/mol. The number of nitrogens with one attached hydrogen (secondary N) is 1. The molecule has 39 heavy (non-hydrogen) atoms. The fourth-order valence-electron chi connectivity index (χ4n) is 4.69. The Balaban J connectivity index is 1.68. The van der Waals surface area contributed by atoms with Gasteiger partial charge in [-0.15, -0.1) is 0 Å². The topological polar surface area (TPSA) is 41.0 Å². The van der Waals surface area contributed by atoms with Gasteiger partial charge in [-0.1, -0.05) is 38.1 Å². The van der Waals surface area contributed by atoms with Crippen LogP contribution in [0.5, 0.6) is 0 Å². The highest BCUT2D eigenvalue weighted by atomic mass is 19.4. The monoisotopic (exact) mass is 538 g/mol. The van der Waals surface area contributed by atoms with E-state index in [1.165, 1.54) is 0 Å². The Bertz CT molecular complexity index is 1430. The van der Waals surface area contributed by atoms with Gasteiger partial charge < -0.3 is 10.2 Å².